The molecule has 5 rings (SSSR count). The number of rotatable bonds is 9. The number of hydrogen-bond donors (Lipinski definition) is 0. The van der Waals surface area contributed by atoms with Gasteiger partial charge >= 0.3 is 0 Å². The normalized spacial score (nSPS) is 12.3. The topological polar surface area (TPSA) is 9.23 Å². The number of benzene rings is 5. The first-order valence-electron chi connectivity index (χ1n) is 13.8. The molecule has 0 N–H and O–H groups in total. The predicted molar refractivity (Wildman–Crippen MR) is 162 cm³/mol. The minimum atomic E-state index is -1.53. The molecule has 1 nitrogen and oxygen atoms in total. The molecule has 0 unspecified atom stereocenters. The first-order valence-corrected chi connectivity index (χ1v) is 17.3. The van der Waals surface area contributed by atoms with E-state index in [1.54, 1.807) is 17.9 Å². The summed E-state index contributed by atoms with van der Waals surface area (Å²) in [5.74, 6) is 0.906. The second kappa shape index (κ2) is 9.90. The quantitative estimate of drug-likeness (QED) is 0.147. The third-order valence-electron chi connectivity index (χ3n) is 7.88. The summed E-state index contributed by atoms with van der Waals surface area (Å²) in [6, 6.07) is 23.4. The van der Waals surface area contributed by atoms with Gasteiger partial charge in [0, 0.05) is 0 Å². The maximum atomic E-state index is 5.46. The fourth-order valence-electron chi connectivity index (χ4n) is 5.92. The van der Waals surface area contributed by atoms with Crippen LogP contribution >= 0.6 is 0 Å². The Morgan fingerprint density at radius 1 is 0.639 bits per heavy atom. The Balaban J connectivity index is 1.91. The zero-order chi connectivity index (χ0) is 25.4. The van der Waals surface area contributed by atoms with Crippen molar-refractivity contribution in [1.29, 1.82) is 0 Å². The molecule has 0 atom stereocenters. The van der Waals surface area contributed by atoms with Gasteiger partial charge in [-0.3, -0.25) is 0 Å². The fraction of sp³-hybridized carbons (Fsp3) is 0.353. The molecule has 0 saturated carbocycles. The third-order valence-corrected chi connectivity index (χ3v) is 9.91. The first-order chi connectivity index (χ1) is 17.4. The highest BCUT2D eigenvalue weighted by molar-refractivity contribution is 6.90. The van der Waals surface area contributed by atoms with E-state index in [4.69, 9.17) is 4.74 Å². The number of unbranched alkanes of at least 4 members (excludes halogenated alkanes) is 2. The Morgan fingerprint density at radius 3 is 1.72 bits per heavy atom. The van der Waals surface area contributed by atoms with Crippen molar-refractivity contribution in [2.24, 2.45) is 0 Å². The van der Waals surface area contributed by atoms with Gasteiger partial charge in [-0.05, 0) is 98.5 Å². The average Bonchev–Trinajstić information content (AvgIpc) is 2.89. The van der Waals surface area contributed by atoms with Crippen LogP contribution in [-0.4, -0.2) is 15.2 Å². The van der Waals surface area contributed by atoms with Gasteiger partial charge in [0.25, 0.3) is 0 Å². The first kappa shape index (κ1) is 24.8. The van der Waals surface area contributed by atoms with Crippen molar-refractivity contribution in [2.75, 3.05) is 7.11 Å². The lowest BCUT2D eigenvalue weighted by atomic mass is 9.84. The van der Waals surface area contributed by atoms with Crippen LogP contribution in [0.5, 0.6) is 5.75 Å². The highest BCUT2D eigenvalue weighted by Crippen LogP contribution is 2.42. The van der Waals surface area contributed by atoms with E-state index in [1.807, 2.05) is 0 Å². The van der Waals surface area contributed by atoms with Crippen molar-refractivity contribution in [3.8, 4) is 16.9 Å². The number of aryl methyl sites for hydroxylation is 2. The maximum absolute atomic E-state index is 5.46. The van der Waals surface area contributed by atoms with Gasteiger partial charge < -0.3 is 4.74 Å². The smallest absolute Gasteiger partial charge is 0.118 e. The van der Waals surface area contributed by atoms with Crippen LogP contribution in [0.25, 0.3) is 43.4 Å². The van der Waals surface area contributed by atoms with E-state index in [-0.39, 0.29) is 0 Å². The van der Waals surface area contributed by atoms with Crippen LogP contribution in [0.4, 0.5) is 0 Å². The second-order valence-electron chi connectivity index (χ2n) is 11.4. The van der Waals surface area contributed by atoms with E-state index >= 15 is 0 Å². The Hall–Kier alpha value is -2.84. The molecule has 0 bridgehead atoms. The highest BCUT2D eigenvalue weighted by Gasteiger charge is 2.24. The summed E-state index contributed by atoms with van der Waals surface area (Å²) in [6.07, 6.45) is 7.18. The summed E-state index contributed by atoms with van der Waals surface area (Å²) in [5.41, 5.74) is 5.64. The van der Waals surface area contributed by atoms with Gasteiger partial charge in [0.2, 0.25) is 0 Å². The van der Waals surface area contributed by atoms with Crippen molar-refractivity contribution in [3.63, 3.8) is 0 Å². The monoisotopic (exact) mass is 492 g/mol. The van der Waals surface area contributed by atoms with Crippen LogP contribution in [0.15, 0.2) is 60.7 Å². The van der Waals surface area contributed by atoms with E-state index in [0.29, 0.717) is 0 Å². The van der Waals surface area contributed by atoms with Crippen LogP contribution in [-0.2, 0) is 12.8 Å². The van der Waals surface area contributed by atoms with Gasteiger partial charge in [-0.1, -0.05) is 94.0 Å². The molecule has 36 heavy (non-hydrogen) atoms. The Kier molecular flexibility index (Phi) is 6.83. The van der Waals surface area contributed by atoms with Crippen molar-refractivity contribution in [3.05, 3.63) is 71.8 Å². The third kappa shape index (κ3) is 4.30. The zero-order valence-electron chi connectivity index (χ0n) is 22.9. The van der Waals surface area contributed by atoms with E-state index in [9.17, 15) is 0 Å². The lowest BCUT2D eigenvalue weighted by Gasteiger charge is -2.25. The molecular formula is C34H40OSi. The molecule has 0 aliphatic rings. The number of methoxy groups -OCH3 is 1. The molecule has 0 saturated heterocycles. The predicted octanol–water partition coefficient (Wildman–Crippen LogP) is 9.49. The van der Waals surface area contributed by atoms with Crippen LogP contribution in [0.2, 0.25) is 19.6 Å². The summed E-state index contributed by atoms with van der Waals surface area (Å²) in [6.45, 7) is 12.1. The van der Waals surface area contributed by atoms with Crippen molar-refractivity contribution < 1.29 is 4.74 Å². The molecule has 0 fully saturated rings. The Labute approximate surface area is 217 Å². The molecule has 186 valence electrons. The molecule has 0 aliphatic carbocycles. The van der Waals surface area contributed by atoms with Crippen molar-refractivity contribution >= 4 is 45.6 Å². The number of hydrogen-bond acceptors (Lipinski definition) is 1. The molecule has 0 spiro atoms. The van der Waals surface area contributed by atoms with Gasteiger partial charge in [-0.25, -0.2) is 0 Å². The summed E-state index contributed by atoms with van der Waals surface area (Å²) >= 11 is 0. The minimum absolute atomic E-state index is 0.906. The van der Waals surface area contributed by atoms with Gasteiger partial charge in [0.1, 0.15) is 5.75 Å². The maximum Gasteiger partial charge on any atom is 0.118 e. The molecule has 2 heteroatoms. The van der Waals surface area contributed by atoms with Crippen molar-refractivity contribution in [1.82, 2.24) is 0 Å². The average molecular weight is 493 g/mol. The van der Waals surface area contributed by atoms with Gasteiger partial charge in [0.15, 0.2) is 0 Å². The minimum Gasteiger partial charge on any atom is -0.497 e. The summed E-state index contributed by atoms with van der Waals surface area (Å²) in [7, 11) is 0.204. The molecule has 5 aromatic carbocycles. The summed E-state index contributed by atoms with van der Waals surface area (Å²) < 4.78 is 5.46. The highest BCUT2D eigenvalue weighted by atomic mass is 28.3. The van der Waals surface area contributed by atoms with Crippen molar-refractivity contribution in [2.45, 2.75) is 72.0 Å². The van der Waals surface area contributed by atoms with E-state index in [2.05, 4.69) is 94.2 Å². The molecule has 5 aromatic rings. The lowest BCUT2D eigenvalue weighted by Crippen LogP contribution is -2.38. The van der Waals surface area contributed by atoms with Gasteiger partial charge in [-0.2, -0.15) is 0 Å². The molecule has 0 amide bonds. The SMILES string of the molecule is CCCCc1cc(-c2ccc(OC)cc2)c2ccc3c(CCCC)cc([Si](C)(C)C)c4ccc1c2c34. The van der Waals surface area contributed by atoms with Gasteiger partial charge in [0.05, 0.1) is 15.2 Å². The lowest BCUT2D eigenvalue weighted by molar-refractivity contribution is 0.415. The molecule has 0 radical (unpaired) electrons. The largest absolute Gasteiger partial charge is 0.497 e. The second-order valence-corrected chi connectivity index (χ2v) is 16.5. The summed E-state index contributed by atoms with van der Waals surface area (Å²) in [5, 5.41) is 10.4. The van der Waals surface area contributed by atoms with Crippen LogP contribution in [0.3, 0.4) is 0 Å². The Bertz CT molecular complexity index is 1510. The van der Waals surface area contributed by atoms with Gasteiger partial charge in [-0.15, -0.1) is 0 Å². The molecule has 0 heterocycles. The Morgan fingerprint density at radius 2 is 1.17 bits per heavy atom. The fourth-order valence-corrected chi connectivity index (χ4v) is 7.54. The van der Waals surface area contributed by atoms with E-state index in [0.717, 1.165) is 18.6 Å². The standard InChI is InChI=1S/C34H40OSi/c1-7-9-11-24-21-31(23-13-15-26(35-3)16-14-23)29-19-17-28-25(12-10-8-2)22-32(36(4,5)6)30-20-18-27(24)33(29)34(28)30/h13-22H,7-12H2,1-6H3. The van der Waals surface area contributed by atoms with E-state index in [1.165, 1.54) is 74.7 Å². The molecular weight excluding hydrogens is 452 g/mol. The summed E-state index contributed by atoms with van der Waals surface area (Å²) in [4.78, 5) is 0. The zero-order valence-corrected chi connectivity index (χ0v) is 23.9. The van der Waals surface area contributed by atoms with Crippen LogP contribution in [0, 0.1) is 0 Å². The molecule has 0 aromatic heterocycles. The number of ether oxygens (including phenoxy) is 1. The molecule has 0 aliphatic heterocycles. The van der Waals surface area contributed by atoms with Crippen LogP contribution < -0.4 is 9.92 Å². The van der Waals surface area contributed by atoms with Crippen LogP contribution in [0.1, 0.15) is 50.7 Å². The van der Waals surface area contributed by atoms with E-state index < -0.39 is 8.07 Å².